The molecule has 0 atom stereocenters. The standard InChI is InChI=1S/C8H18O3/c1-5-10-6-8(2,3)11-7-9-4/h5-7H2,1-4H3. The third-order valence-electron chi connectivity index (χ3n) is 1.22. The van der Waals surface area contributed by atoms with Crippen molar-refractivity contribution in [1.82, 2.24) is 0 Å². The molecular formula is C8H18O3. The Bertz CT molecular complexity index is 81.3. The van der Waals surface area contributed by atoms with E-state index in [0.29, 0.717) is 13.4 Å². The van der Waals surface area contributed by atoms with Crippen LogP contribution < -0.4 is 0 Å². The van der Waals surface area contributed by atoms with Crippen LogP contribution in [0.5, 0.6) is 0 Å². The fraction of sp³-hybridized carbons (Fsp3) is 1.00. The first kappa shape index (κ1) is 10.9. The highest BCUT2D eigenvalue weighted by molar-refractivity contribution is 4.65. The van der Waals surface area contributed by atoms with E-state index in [-0.39, 0.29) is 5.60 Å². The van der Waals surface area contributed by atoms with Crippen LogP contribution in [-0.2, 0) is 14.2 Å². The molecule has 0 N–H and O–H groups in total. The maximum absolute atomic E-state index is 5.33. The van der Waals surface area contributed by atoms with Crippen LogP contribution in [-0.4, -0.2) is 32.7 Å². The van der Waals surface area contributed by atoms with Crippen LogP contribution in [0.4, 0.5) is 0 Å². The Morgan fingerprint density at radius 2 is 1.91 bits per heavy atom. The Hall–Kier alpha value is -0.120. The molecule has 0 aromatic heterocycles. The summed E-state index contributed by atoms with van der Waals surface area (Å²) in [6.07, 6.45) is 0. The van der Waals surface area contributed by atoms with Crippen molar-refractivity contribution in [2.75, 3.05) is 27.1 Å². The molecule has 0 amide bonds. The van der Waals surface area contributed by atoms with E-state index in [9.17, 15) is 0 Å². The molecule has 0 rings (SSSR count). The Kier molecular flexibility index (Phi) is 5.46. The van der Waals surface area contributed by atoms with Gasteiger partial charge in [-0.15, -0.1) is 0 Å². The summed E-state index contributed by atoms with van der Waals surface area (Å²) < 4.78 is 15.3. The molecule has 0 aromatic rings. The van der Waals surface area contributed by atoms with E-state index in [2.05, 4.69) is 0 Å². The molecule has 3 nitrogen and oxygen atoms in total. The number of hydrogen-bond donors (Lipinski definition) is 0. The first-order chi connectivity index (χ1) is 5.12. The maximum Gasteiger partial charge on any atom is 0.147 e. The molecule has 0 radical (unpaired) electrons. The summed E-state index contributed by atoms with van der Waals surface area (Å²) >= 11 is 0. The maximum atomic E-state index is 5.33. The molecule has 0 saturated heterocycles. The Balaban J connectivity index is 3.43. The summed E-state index contributed by atoms with van der Waals surface area (Å²) in [5.74, 6) is 0. The minimum absolute atomic E-state index is 0.244. The summed E-state index contributed by atoms with van der Waals surface area (Å²) in [5.41, 5.74) is -0.244. The van der Waals surface area contributed by atoms with Crippen molar-refractivity contribution in [2.45, 2.75) is 26.4 Å². The van der Waals surface area contributed by atoms with Crippen LogP contribution in [0.3, 0.4) is 0 Å². The molecule has 0 aromatic carbocycles. The summed E-state index contributed by atoms with van der Waals surface area (Å²) in [5, 5.41) is 0. The number of methoxy groups -OCH3 is 1. The fourth-order valence-electron chi connectivity index (χ4n) is 0.608. The third-order valence-corrected chi connectivity index (χ3v) is 1.22. The summed E-state index contributed by atoms with van der Waals surface area (Å²) in [6, 6.07) is 0. The molecule has 0 fully saturated rings. The predicted octanol–water partition coefficient (Wildman–Crippen LogP) is 1.42. The zero-order chi connectivity index (χ0) is 8.74. The molecule has 3 heteroatoms. The lowest BCUT2D eigenvalue weighted by Gasteiger charge is -2.24. The average molecular weight is 162 g/mol. The summed E-state index contributed by atoms with van der Waals surface area (Å²) in [6.45, 7) is 7.56. The monoisotopic (exact) mass is 162 g/mol. The second kappa shape index (κ2) is 5.52. The number of rotatable bonds is 6. The van der Waals surface area contributed by atoms with Crippen LogP contribution >= 0.6 is 0 Å². The number of hydrogen-bond acceptors (Lipinski definition) is 3. The molecule has 0 unspecified atom stereocenters. The number of ether oxygens (including phenoxy) is 3. The van der Waals surface area contributed by atoms with Crippen molar-refractivity contribution in [3.8, 4) is 0 Å². The molecule has 0 spiro atoms. The Labute approximate surface area is 68.6 Å². The topological polar surface area (TPSA) is 27.7 Å². The van der Waals surface area contributed by atoms with Gasteiger partial charge >= 0.3 is 0 Å². The van der Waals surface area contributed by atoms with Gasteiger partial charge in [-0.1, -0.05) is 0 Å². The van der Waals surface area contributed by atoms with E-state index in [0.717, 1.165) is 6.61 Å². The molecule has 0 aliphatic rings. The van der Waals surface area contributed by atoms with Gasteiger partial charge in [0.1, 0.15) is 6.79 Å². The van der Waals surface area contributed by atoms with Crippen LogP contribution in [0.15, 0.2) is 0 Å². The molecule has 0 aliphatic heterocycles. The normalized spacial score (nSPS) is 12.0. The first-order valence-corrected chi connectivity index (χ1v) is 3.83. The van der Waals surface area contributed by atoms with Gasteiger partial charge in [0, 0.05) is 13.7 Å². The van der Waals surface area contributed by atoms with Crippen molar-refractivity contribution in [1.29, 1.82) is 0 Å². The van der Waals surface area contributed by atoms with Gasteiger partial charge in [0.05, 0.1) is 12.2 Å². The van der Waals surface area contributed by atoms with Gasteiger partial charge < -0.3 is 14.2 Å². The molecule has 0 aliphatic carbocycles. The van der Waals surface area contributed by atoms with Crippen molar-refractivity contribution in [2.24, 2.45) is 0 Å². The SMILES string of the molecule is CCOCC(C)(C)OCOC. The second-order valence-corrected chi connectivity index (χ2v) is 2.95. The minimum atomic E-state index is -0.244. The van der Waals surface area contributed by atoms with Crippen molar-refractivity contribution < 1.29 is 14.2 Å². The molecule has 0 heterocycles. The summed E-state index contributed by atoms with van der Waals surface area (Å²) in [7, 11) is 1.61. The quantitative estimate of drug-likeness (QED) is 0.553. The molecule has 0 bridgehead atoms. The lowest BCUT2D eigenvalue weighted by atomic mass is 10.1. The van der Waals surface area contributed by atoms with E-state index in [1.807, 2.05) is 20.8 Å². The first-order valence-electron chi connectivity index (χ1n) is 3.83. The van der Waals surface area contributed by atoms with Gasteiger partial charge in [-0.05, 0) is 20.8 Å². The highest BCUT2D eigenvalue weighted by atomic mass is 16.7. The lowest BCUT2D eigenvalue weighted by molar-refractivity contribution is -0.140. The van der Waals surface area contributed by atoms with Crippen LogP contribution in [0.2, 0.25) is 0 Å². The molecular weight excluding hydrogens is 144 g/mol. The van der Waals surface area contributed by atoms with Gasteiger partial charge in [-0.25, -0.2) is 0 Å². The molecule has 11 heavy (non-hydrogen) atoms. The van der Waals surface area contributed by atoms with Crippen molar-refractivity contribution in [3.63, 3.8) is 0 Å². The Morgan fingerprint density at radius 1 is 1.27 bits per heavy atom. The van der Waals surface area contributed by atoms with E-state index in [1.165, 1.54) is 0 Å². The van der Waals surface area contributed by atoms with E-state index in [1.54, 1.807) is 7.11 Å². The zero-order valence-corrected chi connectivity index (χ0v) is 7.85. The second-order valence-electron chi connectivity index (χ2n) is 2.95. The Morgan fingerprint density at radius 3 is 2.36 bits per heavy atom. The third kappa shape index (κ3) is 6.28. The van der Waals surface area contributed by atoms with Gasteiger partial charge in [0.2, 0.25) is 0 Å². The largest absolute Gasteiger partial charge is 0.379 e. The van der Waals surface area contributed by atoms with Gasteiger partial charge in [0.15, 0.2) is 0 Å². The minimum Gasteiger partial charge on any atom is -0.379 e. The van der Waals surface area contributed by atoms with Crippen LogP contribution in [0, 0.1) is 0 Å². The smallest absolute Gasteiger partial charge is 0.147 e. The van der Waals surface area contributed by atoms with E-state index < -0.39 is 0 Å². The highest BCUT2D eigenvalue weighted by Crippen LogP contribution is 2.08. The van der Waals surface area contributed by atoms with Gasteiger partial charge in [-0.2, -0.15) is 0 Å². The van der Waals surface area contributed by atoms with Gasteiger partial charge in [-0.3, -0.25) is 0 Å². The predicted molar refractivity (Wildman–Crippen MR) is 43.5 cm³/mol. The van der Waals surface area contributed by atoms with Crippen LogP contribution in [0.1, 0.15) is 20.8 Å². The highest BCUT2D eigenvalue weighted by Gasteiger charge is 2.17. The van der Waals surface area contributed by atoms with Crippen LogP contribution in [0.25, 0.3) is 0 Å². The summed E-state index contributed by atoms with van der Waals surface area (Å²) in [4.78, 5) is 0. The van der Waals surface area contributed by atoms with E-state index in [4.69, 9.17) is 14.2 Å². The zero-order valence-electron chi connectivity index (χ0n) is 7.85. The molecule has 68 valence electrons. The average Bonchev–Trinajstić information content (AvgIpc) is 1.97. The fourth-order valence-corrected chi connectivity index (χ4v) is 0.608. The van der Waals surface area contributed by atoms with Gasteiger partial charge in [0.25, 0.3) is 0 Å². The lowest BCUT2D eigenvalue weighted by Crippen LogP contribution is -2.31. The van der Waals surface area contributed by atoms with Crippen molar-refractivity contribution in [3.05, 3.63) is 0 Å². The molecule has 0 saturated carbocycles. The van der Waals surface area contributed by atoms with E-state index >= 15 is 0 Å². The van der Waals surface area contributed by atoms with Crippen molar-refractivity contribution >= 4 is 0 Å².